The van der Waals surface area contributed by atoms with Crippen LogP contribution in [0.25, 0.3) is 0 Å². The molecule has 3 rings (SSSR count). The van der Waals surface area contributed by atoms with E-state index in [0.29, 0.717) is 6.61 Å². The lowest BCUT2D eigenvalue weighted by Crippen LogP contribution is -2.44. The van der Waals surface area contributed by atoms with Crippen LogP contribution in [0.15, 0.2) is 55.1 Å². The van der Waals surface area contributed by atoms with E-state index in [1.807, 2.05) is 18.2 Å². The first-order chi connectivity index (χ1) is 12.2. The summed E-state index contributed by atoms with van der Waals surface area (Å²) < 4.78 is 6.12. The maximum Gasteiger partial charge on any atom is 0.125 e. The molecule has 1 aliphatic rings. The molecule has 0 spiro atoms. The van der Waals surface area contributed by atoms with E-state index in [1.54, 1.807) is 0 Å². The van der Waals surface area contributed by atoms with Gasteiger partial charge in [0.2, 0.25) is 0 Å². The molecule has 0 aromatic heterocycles. The van der Waals surface area contributed by atoms with Gasteiger partial charge < -0.3 is 10.1 Å². The van der Waals surface area contributed by atoms with Gasteiger partial charge in [0.25, 0.3) is 0 Å². The molecule has 0 radical (unpaired) electrons. The van der Waals surface area contributed by atoms with Gasteiger partial charge in [0, 0.05) is 26.2 Å². The third-order valence-corrected chi connectivity index (χ3v) is 4.82. The second-order valence-corrected chi connectivity index (χ2v) is 6.72. The number of ether oxygens (including phenoxy) is 1. The molecule has 5 heteroatoms. The molecule has 1 N–H and O–H groups in total. The van der Waals surface area contributed by atoms with Crippen molar-refractivity contribution >= 4 is 24.8 Å². The van der Waals surface area contributed by atoms with Gasteiger partial charge in [-0.3, -0.25) is 4.90 Å². The van der Waals surface area contributed by atoms with Crippen molar-refractivity contribution in [2.45, 2.75) is 26.5 Å². The number of piperazine rings is 1. The number of aryl methyl sites for hydroxylation is 2. The Morgan fingerprint density at radius 3 is 2.22 bits per heavy atom. The highest BCUT2D eigenvalue weighted by molar-refractivity contribution is 5.85. The molecule has 1 saturated heterocycles. The van der Waals surface area contributed by atoms with Gasteiger partial charge >= 0.3 is 0 Å². The molecule has 0 amide bonds. The molecule has 2 aromatic carbocycles. The third-order valence-electron chi connectivity index (χ3n) is 4.82. The first kappa shape index (κ1) is 23.5. The minimum absolute atomic E-state index is 0. The Bertz CT molecular complexity index is 693. The van der Waals surface area contributed by atoms with Gasteiger partial charge in [-0.25, -0.2) is 0 Å². The second kappa shape index (κ2) is 11.4. The Hall–Kier alpha value is -1.52. The smallest absolute Gasteiger partial charge is 0.125 e. The lowest BCUT2D eigenvalue weighted by molar-refractivity contribution is 0.203. The Morgan fingerprint density at radius 2 is 1.67 bits per heavy atom. The van der Waals surface area contributed by atoms with E-state index in [4.69, 9.17) is 4.74 Å². The molecular formula is C22H30Cl2N2O. The predicted octanol–water partition coefficient (Wildman–Crippen LogP) is 4.86. The first-order valence-electron chi connectivity index (χ1n) is 9.04. The Morgan fingerprint density at radius 1 is 1.07 bits per heavy atom. The molecule has 2 aromatic rings. The van der Waals surface area contributed by atoms with E-state index in [0.717, 1.165) is 31.9 Å². The molecule has 27 heavy (non-hydrogen) atoms. The van der Waals surface area contributed by atoms with Crippen molar-refractivity contribution in [1.82, 2.24) is 10.2 Å². The molecule has 1 fully saturated rings. The van der Waals surface area contributed by atoms with Gasteiger partial charge in [0.05, 0.1) is 6.04 Å². The first-order valence-corrected chi connectivity index (χ1v) is 9.04. The van der Waals surface area contributed by atoms with E-state index in [-0.39, 0.29) is 30.9 Å². The maximum absolute atomic E-state index is 6.12. The van der Waals surface area contributed by atoms with Crippen molar-refractivity contribution in [1.29, 1.82) is 0 Å². The van der Waals surface area contributed by atoms with E-state index >= 15 is 0 Å². The quantitative estimate of drug-likeness (QED) is 0.690. The summed E-state index contributed by atoms with van der Waals surface area (Å²) in [7, 11) is 0. The molecule has 0 unspecified atom stereocenters. The van der Waals surface area contributed by atoms with Gasteiger partial charge in [-0.15, -0.1) is 31.4 Å². The molecule has 3 nitrogen and oxygen atoms in total. The third kappa shape index (κ3) is 5.98. The van der Waals surface area contributed by atoms with Crippen LogP contribution >= 0.6 is 24.8 Å². The van der Waals surface area contributed by atoms with Gasteiger partial charge in [0.1, 0.15) is 12.4 Å². The molecular weight excluding hydrogens is 379 g/mol. The van der Waals surface area contributed by atoms with Crippen LogP contribution in [0.1, 0.15) is 28.3 Å². The van der Waals surface area contributed by atoms with Gasteiger partial charge in [-0.05, 0) is 36.1 Å². The monoisotopic (exact) mass is 408 g/mol. The van der Waals surface area contributed by atoms with E-state index in [2.05, 4.69) is 61.0 Å². The molecule has 1 heterocycles. The average molecular weight is 409 g/mol. The predicted molar refractivity (Wildman–Crippen MR) is 119 cm³/mol. The number of nitrogens with zero attached hydrogens (tertiary/aromatic N) is 1. The largest absolute Gasteiger partial charge is 0.488 e. The minimum atomic E-state index is 0. The number of rotatable bonds is 6. The Labute approximate surface area is 175 Å². The summed E-state index contributed by atoms with van der Waals surface area (Å²) in [5, 5.41) is 3.41. The lowest BCUT2D eigenvalue weighted by Gasteiger charge is -2.34. The van der Waals surface area contributed by atoms with Gasteiger partial charge in [0.15, 0.2) is 0 Å². The summed E-state index contributed by atoms with van der Waals surface area (Å²) in [4.78, 5) is 2.49. The standard InChI is InChI=1S/C22H28N2O.2ClH/c1-4-21(24-12-10-23-11-13-24)20-14-17(2)22(18(3)15-20)25-16-19-8-6-5-7-9-19;;/h4-9,14-15,21,23H,1,10-13,16H2,2-3H3;2*1H/t21-;;/m1../s1. The fraction of sp³-hybridized carbons (Fsp3) is 0.364. The van der Waals surface area contributed by atoms with Crippen LogP contribution in [-0.2, 0) is 6.61 Å². The molecule has 0 bridgehead atoms. The maximum atomic E-state index is 6.12. The Kier molecular flexibility index (Phi) is 9.89. The summed E-state index contributed by atoms with van der Waals surface area (Å²) in [6.45, 7) is 13.1. The SMILES string of the molecule is C=C[C@H](c1cc(C)c(OCc2ccccc2)c(C)c1)N1CCNCC1.Cl.Cl. The number of benzene rings is 2. The van der Waals surface area contributed by atoms with Crippen LogP contribution in [-0.4, -0.2) is 31.1 Å². The van der Waals surface area contributed by atoms with Crippen LogP contribution < -0.4 is 10.1 Å². The highest BCUT2D eigenvalue weighted by Crippen LogP contribution is 2.31. The minimum Gasteiger partial charge on any atom is -0.488 e. The van der Waals surface area contributed by atoms with E-state index in [9.17, 15) is 0 Å². The summed E-state index contributed by atoms with van der Waals surface area (Å²) in [5.41, 5.74) is 4.87. The van der Waals surface area contributed by atoms with Crippen LogP contribution in [0.4, 0.5) is 0 Å². The molecule has 1 aliphatic heterocycles. The lowest BCUT2D eigenvalue weighted by atomic mass is 9.98. The van der Waals surface area contributed by atoms with Crippen LogP contribution in [0.2, 0.25) is 0 Å². The Balaban J connectivity index is 0.00000182. The molecule has 1 atom stereocenters. The van der Waals surface area contributed by atoms with Gasteiger partial charge in [-0.1, -0.05) is 48.5 Å². The topological polar surface area (TPSA) is 24.5 Å². The van der Waals surface area contributed by atoms with Crippen molar-refractivity contribution in [3.63, 3.8) is 0 Å². The molecule has 0 saturated carbocycles. The zero-order chi connectivity index (χ0) is 17.6. The van der Waals surface area contributed by atoms with E-state index in [1.165, 1.54) is 22.3 Å². The summed E-state index contributed by atoms with van der Waals surface area (Å²) >= 11 is 0. The van der Waals surface area contributed by atoms with Crippen LogP contribution in [0.3, 0.4) is 0 Å². The average Bonchev–Trinajstić information content (AvgIpc) is 2.63. The molecule has 148 valence electrons. The number of hydrogen-bond donors (Lipinski definition) is 1. The van der Waals surface area contributed by atoms with E-state index < -0.39 is 0 Å². The van der Waals surface area contributed by atoms with Crippen LogP contribution in [0.5, 0.6) is 5.75 Å². The second-order valence-electron chi connectivity index (χ2n) is 6.72. The summed E-state index contributed by atoms with van der Waals surface area (Å²) in [5.74, 6) is 0.996. The van der Waals surface area contributed by atoms with Crippen molar-refractivity contribution in [3.8, 4) is 5.75 Å². The van der Waals surface area contributed by atoms with Crippen LogP contribution in [0, 0.1) is 13.8 Å². The normalized spacial score (nSPS) is 15.2. The van der Waals surface area contributed by atoms with Crippen molar-refractivity contribution in [2.24, 2.45) is 0 Å². The fourth-order valence-electron chi connectivity index (χ4n) is 3.57. The van der Waals surface area contributed by atoms with Crippen molar-refractivity contribution in [3.05, 3.63) is 77.4 Å². The van der Waals surface area contributed by atoms with Crippen molar-refractivity contribution in [2.75, 3.05) is 26.2 Å². The highest BCUT2D eigenvalue weighted by atomic mass is 35.5. The fourth-order valence-corrected chi connectivity index (χ4v) is 3.57. The molecule has 0 aliphatic carbocycles. The highest BCUT2D eigenvalue weighted by Gasteiger charge is 2.21. The van der Waals surface area contributed by atoms with Gasteiger partial charge in [-0.2, -0.15) is 0 Å². The number of nitrogens with one attached hydrogen (secondary N) is 1. The zero-order valence-electron chi connectivity index (χ0n) is 16.1. The number of hydrogen-bond acceptors (Lipinski definition) is 3. The summed E-state index contributed by atoms with van der Waals surface area (Å²) in [6.07, 6.45) is 2.06. The number of halogens is 2. The summed E-state index contributed by atoms with van der Waals surface area (Å²) in [6, 6.07) is 15.1. The zero-order valence-corrected chi connectivity index (χ0v) is 17.7. The van der Waals surface area contributed by atoms with Crippen molar-refractivity contribution < 1.29 is 4.74 Å².